The first-order valence-electron chi connectivity index (χ1n) is 5.47. The zero-order valence-electron chi connectivity index (χ0n) is 9.57. The van der Waals surface area contributed by atoms with E-state index in [4.69, 9.17) is 0 Å². The van der Waals surface area contributed by atoms with Gasteiger partial charge in [0.15, 0.2) is 0 Å². The van der Waals surface area contributed by atoms with Crippen LogP contribution in [0.15, 0.2) is 24.5 Å². The molecule has 1 aliphatic rings. The smallest absolute Gasteiger partial charge is 0.148 e. The molecule has 0 aliphatic heterocycles. The molecule has 0 saturated heterocycles. The molecule has 0 saturated carbocycles. The quantitative estimate of drug-likeness (QED) is 0.791. The molecule has 86 valence electrons. The predicted octanol–water partition coefficient (Wildman–Crippen LogP) is 2.79. The molecule has 0 fully saturated rings. The molecule has 0 amide bonds. The molecule has 0 spiro atoms. The summed E-state index contributed by atoms with van der Waals surface area (Å²) in [5.41, 5.74) is 1.45. The summed E-state index contributed by atoms with van der Waals surface area (Å²) >= 11 is 0. The van der Waals surface area contributed by atoms with Crippen molar-refractivity contribution in [3.05, 3.63) is 35.9 Å². The number of hydrogen-bond acceptors (Lipinski definition) is 2. The summed E-state index contributed by atoms with van der Waals surface area (Å²) < 4.78 is 13.6. The Morgan fingerprint density at radius 3 is 2.88 bits per heavy atom. The molecule has 1 heterocycles. The minimum absolute atomic E-state index is 0.0131. The van der Waals surface area contributed by atoms with Gasteiger partial charge in [-0.3, -0.25) is 4.98 Å². The highest BCUT2D eigenvalue weighted by Gasteiger charge is 2.28. The maximum atomic E-state index is 13.6. The van der Waals surface area contributed by atoms with Crippen LogP contribution in [0.4, 0.5) is 4.39 Å². The summed E-state index contributed by atoms with van der Waals surface area (Å²) in [7, 11) is 0. The summed E-state index contributed by atoms with van der Waals surface area (Å²) in [6.07, 6.45) is 5.57. The Labute approximate surface area is 94.8 Å². The van der Waals surface area contributed by atoms with Crippen molar-refractivity contribution in [3.63, 3.8) is 0 Å². The first-order chi connectivity index (χ1) is 7.48. The van der Waals surface area contributed by atoms with Gasteiger partial charge in [0.25, 0.3) is 0 Å². The Kier molecular flexibility index (Phi) is 2.80. The van der Waals surface area contributed by atoms with Crippen molar-refractivity contribution >= 4 is 5.57 Å². The SMILES string of the molecule is CC1(C)CC(c2ccncc2F)=CC(O)C1. The fourth-order valence-corrected chi connectivity index (χ4v) is 2.32. The van der Waals surface area contributed by atoms with E-state index < -0.39 is 6.10 Å². The van der Waals surface area contributed by atoms with Gasteiger partial charge in [0.1, 0.15) is 5.82 Å². The summed E-state index contributed by atoms with van der Waals surface area (Å²) in [5, 5.41) is 9.75. The van der Waals surface area contributed by atoms with Crippen molar-refractivity contribution in [1.29, 1.82) is 0 Å². The standard InChI is InChI=1S/C13H16FNO/c1-13(2)6-9(5-10(16)7-13)11-3-4-15-8-12(11)14/h3-5,8,10,16H,6-7H2,1-2H3. The first kappa shape index (κ1) is 11.3. The molecule has 0 radical (unpaired) electrons. The van der Waals surface area contributed by atoms with Crippen LogP contribution in [0.25, 0.3) is 5.57 Å². The van der Waals surface area contributed by atoms with Gasteiger partial charge in [-0.15, -0.1) is 0 Å². The van der Waals surface area contributed by atoms with Crippen molar-refractivity contribution in [2.75, 3.05) is 0 Å². The van der Waals surface area contributed by atoms with Crippen LogP contribution in [0.2, 0.25) is 0 Å². The largest absolute Gasteiger partial charge is 0.389 e. The number of pyridine rings is 1. The Morgan fingerprint density at radius 1 is 1.50 bits per heavy atom. The Balaban J connectivity index is 2.38. The fraction of sp³-hybridized carbons (Fsp3) is 0.462. The number of aliphatic hydroxyl groups excluding tert-OH is 1. The van der Waals surface area contributed by atoms with Crippen LogP contribution < -0.4 is 0 Å². The van der Waals surface area contributed by atoms with E-state index in [-0.39, 0.29) is 11.2 Å². The molecule has 1 aliphatic carbocycles. The maximum Gasteiger partial charge on any atom is 0.148 e. The maximum absolute atomic E-state index is 13.6. The van der Waals surface area contributed by atoms with E-state index in [1.807, 2.05) is 0 Å². The lowest BCUT2D eigenvalue weighted by Gasteiger charge is -2.32. The third kappa shape index (κ3) is 2.30. The molecule has 0 bridgehead atoms. The van der Waals surface area contributed by atoms with E-state index in [9.17, 15) is 9.50 Å². The molecule has 1 unspecified atom stereocenters. The average Bonchev–Trinajstić information content (AvgIpc) is 2.15. The van der Waals surface area contributed by atoms with Crippen LogP contribution in [0.1, 0.15) is 32.3 Å². The van der Waals surface area contributed by atoms with Crippen LogP contribution >= 0.6 is 0 Å². The molecule has 3 heteroatoms. The molecule has 2 rings (SSSR count). The number of nitrogens with zero attached hydrogens (tertiary/aromatic N) is 1. The highest BCUT2D eigenvalue weighted by Crippen LogP contribution is 2.39. The Bertz CT molecular complexity index is 426. The van der Waals surface area contributed by atoms with Gasteiger partial charge in [-0.2, -0.15) is 0 Å². The molecule has 16 heavy (non-hydrogen) atoms. The summed E-state index contributed by atoms with van der Waals surface area (Å²) in [6, 6.07) is 1.66. The number of aromatic nitrogens is 1. The normalized spacial score (nSPS) is 24.0. The van der Waals surface area contributed by atoms with Crippen LogP contribution in [-0.4, -0.2) is 16.2 Å². The van der Waals surface area contributed by atoms with Crippen LogP contribution in [0.5, 0.6) is 0 Å². The third-order valence-corrected chi connectivity index (χ3v) is 2.94. The van der Waals surface area contributed by atoms with E-state index in [1.165, 1.54) is 6.20 Å². The van der Waals surface area contributed by atoms with Gasteiger partial charge in [0.05, 0.1) is 12.3 Å². The van der Waals surface area contributed by atoms with Crippen molar-refractivity contribution in [2.45, 2.75) is 32.8 Å². The number of allylic oxidation sites excluding steroid dienone is 1. The lowest BCUT2D eigenvalue weighted by Crippen LogP contribution is -2.24. The third-order valence-electron chi connectivity index (χ3n) is 2.94. The molecule has 1 atom stereocenters. The molecule has 1 aromatic heterocycles. The number of aliphatic hydroxyl groups is 1. The van der Waals surface area contributed by atoms with Gasteiger partial charge >= 0.3 is 0 Å². The summed E-state index contributed by atoms with van der Waals surface area (Å²) in [5.74, 6) is -0.321. The number of halogens is 1. The van der Waals surface area contributed by atoms with Gasteiger partial charge in [0.2, 0.25) is 0 Å². The summed E-state index contributed by atoms with van der Waals surface area (Å²) in [4.78, 5) is 3.73. The highest BCUT2D eigenvalue weighted by atomic mass is 19.1. The highest BCUT2D eigenvalue weighted by molar-refractivity contribution is 5.67. The number of hydrogen-bond donors (Lipinski definition) is 1. The molecular formula is C13H16FNO. The molecule has 1 N–H and O–H groups in total. The van der Waals surface area contributed by atoms with E-state index in [0.717, 1.165) is 18.4 Å². The fourth-order valence-electron chi connectivity index (χ4n) is 2.32. The van der Waals surface area contributed by atoms with Gasteiger partial charge in [-0.1, -0.05) is 19.9 Å². The van der Waals surface area contributed by atoms with Gasteiger partial charge in [-0.25, -0.2) is 4.39 Å². The van der Waals surface area contributed by atoms with Crippen LogP contribution in [0, 0.1) is 11.2 Å². The first-order valence-corrected chi connectivity index (χ1v) is 5.47. The van der Waals surface area contributed by atoms with Crippen LogP contribution in [-0.2, 0) is 0 Å². The van der Waals surface area contributed by atoms with Gasteiger partial charge < -0.3 is 5.11 Å². The van der Waals surface area contributed by atoms with Crippen molar-refractivity contribution in [2.24, 2.45) is 5.41 Å². The molecule has 1 aromatic rings. The topological polar surface area (TPSA) is 33.1 Å². The minimum atomic E-state index is -0.480. The lowest BCUT2D eigenvalue weighted by atomic mass is 9.74. The second-order valence-corrected chi connectivity index (χ2v) is 5.16. The second-order valence-electron chi connectivity index (χ2n) is 5.16. The Hall–Kier alpha value is -1.22. The molecular weight excluding hydrogens is 205 g/mol. The van der Waals surface area contributed by atoms with E-state index in [0.29, 0.717) is 5.56 Å². The number of rotatable bonds is 1. The van der Waals surface area contributed by atoms with Crippen molar-refractivity contribution in [3.8, 4) is 0 Å². The monoisotopic (exact) mass is 221 g/mol. The molecule has 0 aromatic carbocycles. The van der Waals surface area contributed by atoms with Gasteiger partial charge in [-0.05, 0) is 29.9 Å². The summed E-state index contributed by atoms with van der Waals surface area (Å²) in [6.45, 7) is 4.17. The van der Waals surface area contributed by atoms with Gasteiger partial charge in [0, 0.05) is 11.8 Å². The van der Waals surface area contributed by atoms with Crippen LogP contribution in [0.3, 0.4) is 0 Å². The second kappa shape index (κ2) is 3.98. The molecule has 2 nitrogen and oxygen atoms in total. The lowest BCUT2D eigenvalue weighted by molar-refractivity contribution is 0.146. The predicted molar refractivity (Wildman–Crippen MR) is 61.2 cm³/mol. The zero-order chi connectivity index (χ0) is 11.8. The van der Waals surface area contributed by atoms with E-state index in [2.05, 4.69) is 18.8 Å². The minimum Gasteiger partial charge on any atom is -0.389 e. The van der Waals surface area contributed by atoms with Crippen molar-refractivity contribution < 1.29 is 9.50 Å². The Morgan fingerprint density at radius 2 is 2.25 bits per heavy atom. The van der Waals surface area contributed by atoms with E-state index >= 15 is 0 Å². The zero-order valence-corrected chi connectivity index (χ0v) is 9.57. The van der Waals surface area contributed by atoms with E-state index in [1.54, 1.807) is 18.3 Å². The van der Waals surface area contributed by atoms with Crippen molar-refractivity contribution in [1.82, 2.24) is 4.98 Å². The average molecular weight is 221 g/mol.